The first-order valence-electron chi connectivity index (χ1n) is 3.10. The van der Waals surface area contributed by atoms with Crippen molar-refractivity contribution in [1.82, 2.24) is 0 Å². The van der Waals surface area contributed by atoms with E-state index in [0.29, 0.717) is 0 Å². The Kier molecular flexibility index (Phi) is 2.01. The van der Waals surface area contributed by atoms with Crippen molar-refractivity contribution in [2.24, 2.45) is 0 Å². The highest BCUT2D eigenvalue weighted by Gasteiger charge is 2.04. The molecule has 0 aromatic carbocycles. The van der Waals surface area contributed by atoms with E-state index in [4.69, 9.17) is 0 Å². The highest BCUT2D eigenvalue weighted by atomic mass is 32.2. The lowest BCUT2D eigenvalue weighted by Gasteiger charge is -2.11. The van der Waals surface area contributed by atoms with E-state index in [1.165, 1.54) is 16.7 Å². The molecule has 0 N–H and O–H groups in total. The molecule has 49 valence electrons. The van der Waals surface area contributed by atoms with Gasteiger partial charge in [0.1, 0.15) is 0 Å². The maximum atomic E-state index is 3.24. The molecule has 0 aromatic heterocycles. The van der Waals surface area contributed by atoms with E-state index in [-0.39, 0.29) is 0 Å². The zero-order valence-corrected chi connectivity index (χ0v) is 6.93. The Morgan fingerprint density at radius 1 is 1.33 bits per heavy atom. The lowest BCUT2D eigenvalue weighted by atomic mass is 10.1. The molecule has 0 fully saturated rings. The molecule has 0 nitrogen and oxygen atoms in total. The first-order chi connectivity index (χ1) is 4.22. The first kappa shape index (κ1) is 6.94. The van der Waals surface area contributed by atoms with Gasteiger partial charge in [-0.05, 0) is 31.9 Å². The number of hydrogen-bond acceptors (Lipinski definition) is 1. The second-order valence-electron chi connectivity index (χ2n) is 2.42. The van der Waals surface area contributed by atoms with Gasteiger partial charge in [0, 0.05) is 11.2 Å². The second-order valence-corrected chi connectivity index (χ2v) is 3.20. The van der Waals surface area contributed by atoms with Gasteiger partial charge >= 0.3 is 0 Å². The lowest BCUT2D eigenvalue weighted by Crippen LogP contribution is -1.93. The Balaban J connectivity index is 2.88. The SMILES string of the molecule is CC1=[C]SCC(C)=C1C. The summed E-state index contributed by atoms with van der Waals surface area (Å²) >= 11 is 1.77. The number of rotatable bonds is 0. The van der Waals surface area contributed by atoms with Gasteiger partial charge in [-0.25, -0.2) is 0 Å². The highest BCUT2D eigenvalue weighted by Crippen LogP contribution is 2.24. The van der Waals surface area contributed by atoms with Crippen molar-refractivity contribution in [3.8, 4) is 0 Å². The molecule has 1 heterocycles. The first-order valence-corrected chi connectivity index (χ1v) is 4.08. The molecule has 0 saturated heterocycles. The zero-order chi connectivity index (χ0) is 6.85. The summed E-state index contributed by atoms with van der Waals surface area (Å²) in [7, 11) is 0. The Morgan fingerprint density at radius 3 is 2.44 bits per heavy atom. The molecule has 0 saturated carbocycles. The van der Waals surface area contributed by atoms with Gasteiger partial charge in [0.25, 0.3) is 0 Å². The number of hydrogen-bond donors (Lipinski definition) is 0. The fraction of sp³-hybridized carbons (Fsp3) is 0.500. The third-order valence-electron chi connectivity index (χ3n) is 1.72. The third-order valence-corrected chi connectivity index (χ3v) is 2.74. The average molecular weight is 139 g/mol. The summed E-state index contributed by atoms with van der Waals surface area (Å²) in [6.07, 6.45) is 0. The Morgan fingerprint density at radius 2 is 2.00 bits per heavy atom. The number of thioether (sulfide) groups is 1. The van der Waals surface area contributed by atoms with Gasteiger partial charge < -0.3 is 0 Å². The topological polar surface area (TPSA) is 0 Å². The summed E-state index contributed by atoms with van der Waals surface area (Å²) in [5, 5.41) is 3.24. The van der Waals surface area contributed by atoms with Gasteiger partial charge in [0.2, 0.25) is 0 Å². The summed E-state index contributed by atoms with van der Waals surface area (Å²) in [5.41, 5.74) is 4.23. The molecule has 0 aliphatic carbocycles. The molecule has 0 unspecified atom stereocenters. The summed E-state index contributed by atoms with van der Waals surface area (Å²) < 4.78 is 0. The van der Waals surface area contributed by atoms with E-state index in [2.05, 4.69) is 26.2 Å². The molecular weight excluding hydrogens is 128 g/mol. The molecule has 0 amide bonds. The fourth-order valence-corrected chi connectivity index (χ4v) is 1.63. The van der Waals surface area contributed by atoms with Gasteiger partial charge in [-0.15, -0.1) is 11.8 Å². The van der Waals surface area contributed by atoms with E-state index in [1.807, 2.05) is 0 Å². The van der Waals surface area contributed by atoms with Crippen molar-refractivity contribution in [2.75, 3.05) is 5.75 Å². The van der Waals surface area contributed by atoms with Crippen LogP contribution in [0.1, 0.15) is 20.8 Å². The van der Waals surface area contributed by atoms with Crippen LogP contribution in [-0.4, -0.2) is 5.75 Å². The predicted molar refractivity (Wildman–Crippen MR) is 43.3 cm³/mol. The molecule has 1 radical (unpaired) electrons. The van der Waals surface area contributed by atoms with Crippen LogP contribution < -0.4 is 0 Å². The Hall–Kier alpha value is -0.170. The number of allylic oxidation sites excluding steroid dienone is 2. The molecule has 0 spiro atoms. The standard InChI is InChI=1S/C8H11S/c1-6-4-9-5-7(2)8(6)3/h4H2,1-3H3. The van der Waals surface area contributed by atoms with Crippen molar-refractivity contribution in [3.63, 3.8) is 0 Å². The Bertz CT molecular complexity index is 175. The van der Waals surface area contributed by atoms with Gasteiger partial charge in [-0.1, -0.05) is 5.57 Å². The van der Waals surface area contributed by atoms with Crippen molar-refractivity contribution in [2.45, 2.75) is 20.8 Å². The van der Waals surface area contributed by atoms with E-state index in [1.54, 1.807) is 11.8 Å². The summed E-state index contributed by atoms with van der Waals surface area (Å²) in [4.78, 5) is 0. The fourth-order valence-electron chi connectivity index (χ4n) is 0.757. The van der Waals surface area contributed by atoms with Crippen LogP contribution >= 0.6 is 11.8 Å². The van der Waals surface area contributed by atoms with Gasteiger partial charge in [-0.2, -0.15) is 0 Å². The van der Waals surface area contributed by atoms with E-state index in [9.17, 15) is 0 Å². The minimum absolute atomic E-state index is 1.13. The third kappa shape index (κ3) is 1.39. The molecule has 1 rings (SSSR count). The van der Waals surface area contributed by atoms with Gasteiger partial charge in [0.15, 0.2) is 0 Å². The molecule has 0 bridgehead atoms. The van der Waals surface area contributed by atoms with Crippen LogP contribution in [0, 0.1) is 5.41 Å². The summed E-state index contributed by atoms with van der Waals surface area (Å²) in [6, 6.07) is 0. The molecule has 1 aliphatic rings. The second kappa shape index (κ2) is 2.61. The van der Waals surface area contributed by atoms with E-state index >= 15 is 0 Å². The van der Waals surface area contributed by atoms with Crippen molar-refractivity contribution >= 4 is 11.8 Å². The molecule has 1 aliphatic heterocycles. The van der Waals surface area contributed by atoms with Crippen LogP contribution in [0.5, 0.6) is 0 Å². The van der Waals surface area contributed by atoms with E-state index < -0.39 is 0 Å². The van der Waals surface area contributed by atoms with Crippen molar-refractivity contribution < 1.29 is 0 Å². The van der Waals surface area contributed by atoms with Crippen LogP contribution in [0.3, 0.4) is 0 Å². The molecule has 0 aromatic rings. The van der Waals surface area contributed by atoms with Crippen LogP contribution in [0.4, 0.5) is 0 Å². The quantitative estimate of drug-likeness (QED) is 0.497. The maximum absolute atomic E-state index is 3.24. The van der Waals surface area contributed by atoms with Crippen molar-refractivity contribution in [3.05, 3.63) is 22.1 Å². The monoisotopic (exact) mass is 139 g/mol. The smallest absolute Gasteiger partial charge is 0.0246 e. The van der Waals surface area contributed by atoms with Crippen LogP contribution in [0.25, 0.3) is 0 Å². The highest BCUT2D eigenvalue weighted by molar-refractivity contribution is 8.01. The van der Waals surface area contributed by atoms with Crippen LogP contribution in [-0.2, 0) is 0 Å². The molecule has 1 heteroatoms. The molecular formula is C8H11S. The summed E-state index contributed by atoms with van der Waals surface area (Å²) in [5.74, 6) is 1.13. The largest absolute Gasteiger partial charge is 0.120 e. The molecule has 0 atom stereocenters. The van der Waals surface area contributed by atoms with Gasteiger partial charge in [0.05, 0.1) is 0 Å². The van der Waals surface area contributed by atoms with Crippen molar-refractivity contribution in [1.29, 1.82) is 0 Å². The molecule has 9 heavy (non-hydrogen) atoms. The normalized spacial score (nSPS) is 20.1. The van der Waals surface area contributed by atoms with Gasteiger partial charge in [-0.3, -0.25) is 0 Å². The minimum Gasteiger partial charge on any atom is -0.120 e. The maximum Gasteiger partial charge on any atom is 0.0246 e. The minimum atomic E-state index is 1.13. The Labute approximate surface area is 61.0 Å². The lowest BCUT2D eigenvalue weighted by molar-refractivity contribution is 1.22. The van der Waals surface area contributed by atoms with E-state index in [0.717, 1.165) is 5.75 Å². The van der Waals surface area contributed by atoms with Crippen LogP contribution in [0.2, 0.25) is 0 Å². The predicted octanol–water partition coefficient (Wildman–Crippen LogP) is 2.78. The summed E-state index contributed by atoms with van der Waals surface area (Å²) in [6.45, 7) is 6.47. The average Bonchev–Trinajstić information content (AvgIpc) is 1.83. The zero-order valence-electron chi connectivity index (χ0n) is 6.12. The van der Waals surface area contributed by atoms with Crippen LogP contribution in [0.15, 0.2) is 16.7 Å².